The van der Waals surface area contributed by atoms with Crippen molar-refractivity contribution in [3.63, 3.8) is 0 Å². The summed E-state index contributed by atoms with van der Waals surface area (Å²) in [7, 11) is 0. The number of hydrogen-bond acceptors (Lipinski definition) is 7. The van der Waals surface area contributed by atoms with Crippen molar-refractivity contribution in [2.45, 2.75) is 83.7 Å². The first-order chi connectivity index (χ1) is 14.1. The van der Waals surface area contributed by atoms with Gasteiger partial charge in [-0.15, -0.1) is 0 Å². The van der Waals surface area contributed by atoms with Gasteiger partial charge in [0.2, 0.25) is 5.91 Å². The van der Waals surface area contributed by atoms with Gasteiger partial charge in [0.25, 0.3) is 0 Å². The van der Waals surface area contributed by atoms with Crippen molar-refractivity contribution < 1.29 is 38.9 Å². The number of esters is 1. The standard InChI is InChI=1S/C20H32N2O8/c1-5-13(6-2)30-16-9-12(20(28)29-7-3)8-14(18(16)21-11(4)23)22-15(19(26)27)10-17(24)25/h9,13-16,18,22H,5-8,10H2,1-4H3,(H,21,23)(H,24,25)(H,26,27)/t14-,15?,16-,18-/m1/s1. The van der Waals surface area contributed by atoms with Gasteiger partial charge in [-0.2, -0.15) is 0 Å². The van der Waals surface area contributed by atoms with Crippen LogP contribution in [0, 0.1) is 0 Å². The van der Waals surface area contributed by atoms with E-state index in [0.717, 1.165) is 0 Å². The number of carboxylic acid groups (broad SMARTS) is 2. The Labute approximate surface area is 176 Å². The molecule has 1 aliphatic carbocycles. The van der Waals surface area contributed by atoms with Crippen LogP contribution in [0.3, 0.4) is 0 Å². The van der Waals surface area contributed by atoms with Crippen LogP contribution >= 0.6 is 0 Å². The van der Waals surface area contributed by atoms with Gasteiger partial charge in [-0.05, 0) is 32.3 Å². The van der Waals surface area contributed by atoms with Gasteiger partial charge in [-0.3, -0.25) is 19.7 Å². The number of aliphatic carboxylic acids is 2. The second-order valence-corrected chi connectivity index (χ2v) is 7.14. The van der Waals surface area contributed by atoms with Gasteiger partial charge in [-0.1, -0.05) is 13.8 Å². The molecule has 0 fully saturated rings. The lowest BCUT2D eigenvalue weighted by molar-refractivity contribution is -0.146. The first kappa shape index (κ1) is 25.6. The summed E-state index contributed by atoms with van der Waals surface area (Å²) in [6.45, 7) is 7.05. The van der Waals surface area contributed by atoms with Crippen LogP contribution in [0.4, 0.5) is 0 Å². The average Bonchev–Trinajstić information content (AvgIpc) is 2.66. The maximum absolute atomic E-state index is 12.4. The highest BCUT2D eigenvalue weighted by Gasteiger charge is 2.39. The largest absolute Gasteiger partial charge is 0.481 e. The summed E-state index contributed by atoms with van der Waals surface area (Å²) in [4.78, 5) is 46.8. The van der Waals surface area contributed by atoms with E-state index >= 15 is 0 Å². The third-order valence-corrected chi connectivity index (χ3v) is 4.85. The molecule has 0 aromatic heterocycles. The van der Waals surface area contributed by atoms with E-state index in [0.29, 0.717) is 12.8 Å². The number of amides is 1. The first-order valence-electron chi connectivity index (χ1n) is 10.1. The van der Waals surface area contributed by atoms with Gasteiger partial charge in [0.15, 0.2) is 0 Å². The highest BCUT2D eigenvalue weighted by molar-refractivity contribution is 5.89. The van der Waals surface area contributed by atoms with E-state index in [1.165, 1.54) is 6.92 Å². The van der Waals surface area contributed by atoms with Crippen LogP contribution in [0.2, 0.25) is 0 Å². The zero-order chi connectivity index (χ0) is 22.8. The molecule has 30 heavy (non-hydrogen) atoms. The molecule has 0 radical (unpaired) electrons. The molecule has 0 aromatic rings. The van der Waals surface area contributed by atoms with Crippen LogP contribution in [-0.4, -0.2) is 71.0 Å². The minimum Gasteiger partial charge on any atom is -0.481 e. The van der Waals surface area contributed by atoms with Crippen molar-refractivity contribution in [1.82, 2.24) is 10.6 Å². The summed E-state index contributed by atoms with van der Waals surface area (Å²) in [6, 6.07) is -2.85. The van der Waals surface area contributed by atoms with Crippen molar-refractivity contribution in [2.75, 3.05) is 6.61 Å². The number of ether oxygens (including phenoxy) is 2. The Kier molecular flexibility index (Phi) is 10.5. The van der Waals surface area contributed by atoms with Crippen molar-refractivity contribution >= 4 is 23.8 Å². The van der Waals surface area contributed by atoms with Crippen LogP contribution < -0.4 is 10.6 Å². The van der Waals surface area contributed by atoms with Crippen LogP contribution in [0.1, 0.15) is 53.4 Å². The molecule has 0 bridgehead atoms. The fourth-order valence-corrected chi connectivity index (χ4v) is 3.40. The second-order valence-electron chi connectivity index (χ2n) is 7.14. The van der Waals surface area contributed by atoms with E-state index in [9.17, 15) is 24.3 Å². The predicted octanol–water partition coefficient (Wildman–Crippen LogP) is 0.844. The molecule has 0 spiro atoms. The minimum absolute atomic E-state index is 0.0515. The summed E-state index contributed by atoms with van der Waals surface area (Å²) >= 11 is 0. The van der Waals surface area contributed by atoms with E-state index in [1.807, 2.05) is 13.8 Å². The normalized spacial score (nSPS) is 22.2. The topological polar surface area (TPSA) is 151 Å². The maximum atomic E-state index is 12.4. The van der Waals surface area contributed by atoms with Gasteiger partial charge in [0, 0.05) is 18.5 Å². The van der Waals surface area contributed by atoms with E-state index in [2.05, 4.69) is 10.6 Å². The fourth-order valence-electron chi connectivity index (χ4n) is 3.40. The highest BCUT2D eigenvalue weighted by atomic mass is 16.5. The maximum Gasteiger partial charge on any atom is 0.333 e. The quantitative estimate of drug-likeness (QED) is 0.331. The molecule has 10 heteroatoms. The molecule has 1 unspecified atom stereocenters. The summed E-state index contributed by atoms with van der Waals surface area (Å²) in [5.74, 6) is -3.55. The predicted molar refractivity (Wildman–Crippen MR) is 107 cm³/mol. The van der Waals surface area contributed by atoms with Crippen LogP contribution in [0.25, 0.3) is 0 Å². The number of hydrogen-bond donors (Lipinski definition) is 4. The molecule has 0 saturated carbocycles. The number of carboxylic acids is 2. The minimum atomic E-state index is -1.40. The Morgan fingerprint density at radius 3 is 2.27 bits per heavy atom. The molecule has 1 amide bonds. The van der Waals surface area contributed by atoms with E-state index in [1.54, 1.807) is 13.0 Å². The molecule has 0 heterocycles. The summed E-state index contributed by atoms with van der Waals surface area (Å²) in [5, 5.41) is 24.0. The molecule has 0 saturated heterocycles. The van der Waals surface area contributed by atoms with Gasteiger partial charge in [0.1, 0.15) is 6.04 Å². The second kappa shape index (κ2) is 12.3. The van der Waals surface area contributed by atoms with Crippen molar-refractivity contribution in [1.29, 1.82) is 0 Å². The van der Waals surface area contributed by atoms with Crippen LogP contribution in [-0.2, 0) is 28.7 Å². The Morgan fingerprint density at radius 1 is 1.17 bits per heavy atom. The number of carbonyl (C=O) groups excluding carboxylic acids is 2. The Balaban J connectivity index is 3.30. The zero-order valence-electron chi connectivity index (χ0n) is 17.8. The first-order valence-corrected chi connectivity index (χ1v) is 10.1. The lowest BCUT2D eigenvalue weighted by Crippen LogP contribution is -2.61. The summed E-state index contributed by atoms with van der Waals surface area (Å²) < 4.78 is 11.2. The lowest BCUT2D eigenvalue weighted by atomic mass is 9.86. The lowest BCUT2D eigenvalue weighted by Gasteiger charge is -2.39. The molecular weight excluding hydrogens is 396 g/mol. The number of nitrogens with one attached hydrogen (secondary N) is 2. The van der Waals surface area contributed by atoms with Gasteiger partial charge < -0.3 is 25.0 Å². The summed E-state index contributed by atoms with van der Waals surface area (Å²) in [5.41, 5.74) is 0.284. The van der Waals surface area contributed by atoms with Gasteiger partial charge in [-0.25, -0.2) is 4.79 Å². The molecule has 4 N–H and O–H groups in total. The molecule has 170 valence electrons. The molecule has 1 rings (SSSR count). The Bertz CT molecular complexity index is 659. The number of carbonyl (C=O) groups is 4. The average molecular weight is 428 g/mol. The van der Waals surface area contributed by atoms with E-state index in [-0.39, 0.29) is 30.6 Å². The monoisotopic (exact) mass is 428 g/mol. The van der Waals surface area contributed by atoms with E-state index in [4.69, 9.17) is 14.6 Å². The van der Waals surface area contributed by atoms with Gasteiger partial charge >= 0.3 is 17.9 Å². The third-order valence-electron chi connectivity index (χ3n) is 4.85. The van der Waals surface area contributed by atoms with Crippen molar-refractivity contribution in [2.24, 2.45) is 0 Å². The van der Waals surface area contributed by atoms with E-state index < -0.39 is 48.6 Å². The van der Waals surface area contributed by atoms with Crippen molar-refractivity contribution in [3.8, 4) is 0 Å². The summed E-state index contributed by atoms with van der Waals surface area (Å²) in [6.07, 6.45) is 1.55. The third kappa shape index (κ3) is 7.75. The molecule has 4 atom stereocenters. The van der Waals surface area contributed by atoms with Gasteiger partial charge in [0.05, 0.1) is 31.3 Å². The van der Waals surface area contributed by atoms with Crippen LogP contribution in [0.15, 0.2) is 11.6 Å². The molecular formula is C20H32N2O8. The molecule has 0 aliphatic heterocycles. The Morgan fingerprint density at radius 2 is 1.80 bits per heavy atom. The highest BCUT2D eigenvalue weighted by Crippen LogP contribution is 2.26. The number of rotatable bonds is 12. The smallest absolute Gasteiger partial charge is 0.333 e. The zero-order valence-corrected chi connectivity index (χ0v) is 17.8. The Hall–Kier alpha value is -2.46. The van der Waals surface area contributed by atoms with Crippen LogP contribution in [0.5, 0.6) is 0 Å². The molecule has 0 aromatic carbocycles. The molecule has 1 aliphatic rings. The van der Waals surface area contributed by atoms with Crippen molar-refractivity contribution in [3.05, 3.63) is 11.6 Å². The fraction of sp³-hybridized carbons (Fsp3) is 0.700. The SMILES string of the molecule is CCOC(=O)C1=C[C@@H](OC(CC)CC)[C@H](NC(C)=O)[C@H](NC(CC(=O)O)C(=O)O)C1. The molecule has 10 nitrogen and oxygen atoms in total.